The van der Waals surface area contributed by atoms with Gasteiger partial charge in [-0.15, -0.1) is 0 Å². The molecule has 3 aromatic rings. The van der Waals surface area contributed by atoms with Gasteiger partial charge in [0.2, 0.25) is 11.9 Å². The fourth-order valence-electron chi connectivity index (χ4n) is 3.13. The molecule has 0 saturated carbocycles. The van der Waals surface area contributed by atoms with Gasteiger partial charge >= 0.3 is 0 Å². The number of nitriles is 1. The SMILES string of the molecule is N#CCC(=O)Nc1ccc2cc1CCc1cccc(c1)Nc1ncc(Cl)c(n1)N2. The number of aryl methyl sites for hydroxylation is 2. The van der Waals surface area contributed by atoms with Gasteiger partial charge in [0.25, 0.3) is 0 Å². The van der Waals surface area contributed by atoms with Crippen molar-refractivity contribution in [2.45, 2.75) is 19.3 Å². The number of rotatable bonds is 2. The molecule has 4 rings (SSSR count). The Kier molecular flexibility index (Phi) is 5.27. The lowest BCUT2D eigenvalue weighted by atomic mass is 10.0. The molecule has 3 N–H and O–H groups in total. The number of halogens is 1. The van der Waals surface area contributed by atoms with Crippen molar-refractivity contribution >= 4 is 46.3 Å². The number of amides is 1. The molecule has 0 radical (unpaired) electrons. The molecule has 1 amide bonds. The molecule has 6 bridgehead atoms. The minimum absolute atomic E-state index is 0.188. The molecule has 0 saturated heterocycles. The number of nitrogens with zero attached hydrogens (tertiary/aromatic N) is 3. The Morgan fingerprint density at radius 1 is 1.17 bits per heavy atom. The first-order chi connectivity index (χ1) is 14.1. The Balaban J connectivity index is 1.76. The molecule has 0 spiro atoms. The summed E-state index contributed by atoms with van der Waals surface area (Å²) in [5.74, 6) is 0.586. The highest BCUT2D eigenvalue weighted by molar-refractivity contribution is 6.32. The predicted molar refractivity (Wildman–Crippen MR) is 113 cm³/mol. The zero-order valence-corrected chi connectivity index (χ0v) is 16.1. The highest BCUT2D eigenvalue weighted by Gasteiger charge is 2.12. The maximum atomic E-state index is 11.9. The lowest BCUT2D eigenvalue weighted by Gasteiger charge is -2.14. The summed E-state index contributed by atoms with van der Waals surface area (Å²) in [6, 6.07) is 15.5. The number of nitrogens with one attached hydrogen (secondary N) is 3. The summed E-state index contributed by atoms with van der Waals surface area (Å²) in [5, 5.41) is 18.4. The monoisotopic (exact) mass is 404 g/mol. The van der Waals surface area contributed by atoms with Crippen LogP contribution in [-0.2, 0) is 17.6 Å². The molecule has 7 nitrogen and oxygen atoms in total. The minimum atomic E-state index is -0.331. The quantitative estimate of drug-likeness (QED) is 0.578. The average Bonchev–Trinajstić information content (AvgIpc) is 2.71. The van der Waals surface area contributed by atoms with Crippen LogP contribution in [0.5, 0.6) is 0 Å². The van der Waals surface area contributed by atoms with Crippen molar-refractivity contribution in [3.8, 4) is 6.07 Å². The van der Waals surface area contributed by atoms with Crippen LogP contribution in [0.2, 0.25) is 5.02 Å². The molecule has 1 aromatic heterocycles. The summed E-state index contributed by atoms with van der Waals surface area (Å²) < 4.78 is 0. The summed E-state index contributed by atoms with van der Waals surface area (Å²) in [6.45, 7) is 0. The van der Waals surface area contributed by atoms with Gasteiger partial charge in [-0.05, 0) is 54.3 Å². The fourth-order valence-corrected chi connectivity index (χ4v) is 3.27. The molecule has 29 heavy (non-hydrogen) atoms. The first kappa shape index (κ1) is 18.7. The second-order valence-electron chi connectivity index (χ2n) is 6.60. The third kappa shape index (κ3) is 4.45. The van der Waals surface area contributed by atoms with Crippen LogP contribution in [0.1, 0.15) is 17.5 Å². The summed E-state index contributed by atoms with van der Waals surface area (Å²) in [6.07, 6.45) is 2.84. The molecule has 144 valence electrons. The lowest BCUT2D eigenvalue weighted by molar-refractivity contribution is -0.115. The fraction of sp³-hybridized carbons (Fsp3) is 0.143. The van der Waals surface area contributed by atoms with Gasteiger partial charge < -0.3 is 16.0 Å². The maximum absolute atomic E-state index is 11.9. The lowest BCUT2D eigenvalue weighted by Crippen LogP contribution is -2.12. The van der Waals surface area contributed by atoms with E-state index in [1.807, 2.05) is 42.5 Å². The summed E-state index contributed by atoms with van der Waals surface area (Å²) in [7, 11) is 0. The summed E-state index contributed by atoms with van der Waals surface area (Å²) >= 11 is 6.27. The number of carbonyl (C=O) groups is 1. The van der Waals surface area contributed by atoms with E-state index in [0.717, 1.165) is 28.9 Å². The average molecular weight is 405 g/mol. The van der Waals surface area contributed by atoms with E-state index in [-0.39, 0.29) is 12.3 Å². The van der Waals surface area contributed by atoms with E-state index in [2.05, 4.69) is 32.0 Å². The van der Waals surface area contributed by atoms with E-state index in [4.69, 9.17) is 16.9 Å². The van der Waals surface area contributed by atoms with E-state index in [1.54, 1.807) is 6.20 Å². The van der Waals surface area contributed by atoms with Gasteiger partial charge in [0.15, 0.2) is 5.82 Å². The standard InChI is InChI=1S/C21H17ClN6O/c22-17-12-24-21-26-15-3-1-2-13(10-15)4-5-14-11-16(25-20(17)28-21)6-7-18(14)27-19(29)8-9-23/h1-3,6-7,10-12H,4-5,8H2,(H,27,29)(H2,24,25,26,28). The van der Waals surface area contributed by atoms with E-state index >= 15 is 0 Å². The van der Waals surface area contributed by atoms with Gasteiger partial charge in [-0.25, -0.2) is 4.98 Å². The van der Waals surface area contributed by atoms with Crippen LogP contribution in [0, 0.1) is 11.3 Å². The molecular weight excluding hydrogens is 388 g/mol. The zero-order valence-electron chi connectivity index (χ0n) is 15.4. The van der Waals surface area contributed by atoms with Crippen LogP contribution in [0.3, 0.4) is 0 Å². The van der Waals surface area contributed by atoms with Crippen LogP contribution in [-0.4, -0.2) is 15.9 Å². The van der Waals surface area contributed by atoms with Gasteiger partial charge in [0, 0.05) is 17.1 Å². The van der Waals surface area contributed by atoms with Gasteiger partial charge in [-0.3, -0.25) is 4.79 Å². The van der Waals surface area contributed by atoms with Crippen molar-refractivity contribution in [3.63, 3.8) is 0 Å². The molecule has 1 aliphatic heterocycles. The molecule has 0 fully saturated rings. The molecule has 2 heterocycles. The van der Waals surface area contributed by atoms with Crippen LogP contribution in [0.25, 0.3) is 0 Å². The Bertz CT molecular complexity index is 1120. The van der Waals surface area contributed by atoms with Crippen LogP contribution < -0.4 is 16.0 Å². The first-order valence-corrected chi connectivity index (χ1v) is 9.44. The van der Waals surface area contributed by atoms with E-state index < -0.39 is 0 Å². The van der Waals surface area contributed by atoms with E-state index in [0.29, 0.717) is 28.9 Å². The van der Waals surface area contributed by atoms with Crippen molar-refractivity contribution < 1.29 is 4.79 Å². The van der Waals surface area contributed by atoms with Crippen molar-refractivity contribution in [2.75, 3.05) is 16.0 Å². The van der Waals surface area contributed by atoms with Crippen LogP contribution in [0.4, 0.5) is 28.8 Å². The topological polar surface area (TPSA) is 103 Å². The third-order valence-electron chi connectivity index (χ3n) is 4.49. The largest absolute Gasteiger partial charge is 0.339 e. The van der Waals surface area contributed by atoms with Gasteiger partial charge in [-0.1, -0.05) is 23.7 Å². The maximum Gasteiger partial charge on any atom is 0.238 e. The van der Waals surface area contributed by atoms with Crippen molar-refractivity contribution in [1.82, 2.24) is 9.97 Å². The van der Waals surface area contributed by atoms with E-state index in [1.165, 1.54) is 0 Å². The smallest absolute Gasteiger partial charge is 0.238 e. The zero-order chi connectivity index (χ0) is 20.2. The minimum Gasteiger partial charge on any atom is -0.339 e. The Morgan fingerprint density at radius 2 is 2.03 bits per heavy atom. The second-order valence-corrected chi connectivity index (χ2v) is 7.00. The Labute approximate surface area is 172 Å². The molecule has 8 heteroatoms. The first-order valence-electron chi connectivity index (χ1n) is 9.06. The second kappa shape index (κ2) is 8.17. The number of hydrogen-bond donors (Lipinski definition) is 3. The van der Waals surface area contributed by atoms with Gasteiger partial charge in [-0.2, -0.15) is 10.2 Å². The van der Waals surface area contributed by atoms with E-state index in [9.17, 15) is 4.79 Å². The van der Waals surface area contributed by atoms with Crippen molar-refractivity contribution in [3.05, 3.63) is 64.8 Å². The highest BCUT2D eigenvalue weighted by Crippen LogP contribution is 2.29. The molecule has 0 unspecified atom stereocenters. The molecular formula is C21H17ClN6O. The van der Waals surface area contributed by atoms with Crippen molar-refractivity contribution in [2.24, 2.45) is 0 Å². The summed E-state index contributed by atoms with van der Waals surface area (Å²) in [4.78, 5) is 20.6. The Morgan fingerprint density at radius 3 is 2.90 bits per heavy atom. The normalized spacial score (nSPS) is 12.1. The number of fused-ring (bicyclic) bond motifs is 6. The van der Waals surface area contributed by atoms with Crippen molar-refractivity contribution in [1.29, 1.82) is 5.26 Å². The Hall–Kier alpha value is -3.63. The van der Waals surface area contributed by atoms with Crippen LogP contribution >= 0.6 is 11.6 Å². The van der Waals surface area contributed by atoms with Gasteiger partial charge in [0.05, 0.1) is 12.3 Å². The third-order valence-corrected chi connectivity index (χ3v) is 4.77. The molecule has 1 aliphatic rings. The number of aromatic nitrogens is 2. The number of hydrogen-bond acceptors (Lipinski definition) is 6. The number of benzene rings is 2. The molecule has 0 atom stereocenters. The number of carbonyl (C=O) groups excluding carboxylic acids is 1. The predicted octanol–water partition coefficient (Wildman–Crippen LogP) is 4.57. The molecule has 0 aliphatic carbocycles. The van der Waals surface area contributed by atoms with Gasteiger partial charge in [0.1, 0.15) is 11.4 Å². The summed E-state index contributed by atoms with van der Waals surface area (Å²) in [5.41, 5.74) is 4.44. The molecule has 2 aromatic carbocycles. The van der Waals surface area contributed by atoms with Crippen LogP contribution in [0.15, 0.2) is 48.7 Å². The number of anilines is 5. The highest BCUT2D eigenvalue weighted by atomic mass is 35.5.